The second kappa shape index (κ2) is 4.00. The van der Waals surface area contributed by atoms with E-state index in [1.807, 2.05) is 5.10 Å². The zero-order valence-corrected chi connectivity index (χ0v) is 8.32. The molecule has 1 heterocycles. The van der Waals surface area contributed by atoms with E-state index in [2.05, 4.69) is 10.1 Å². The predicted molar refractivity (Wildman–Crippen MR) is 53.1 cm³/mol. The first kappa shape index (κ1) is 11.3. The third kappa shape index (κ3) is 2.49. The van der Waals surface area contributed by atoms with E-state index in [0.29, 0.717) is 0 Å². The summed E-state index contributed by atoms with van der Waals surface area (Å²) in [5.74, 6) is 0. The predicted octanol–water partition coefficient (Wildman–Crippen LogP) is 1.85. The van der Waals surface area contributed by atoms with Crippen molar-refractivity contribution in [2.24, 2.45) is 0 Å². The fourth-order valence-electron chi connectivity index (χ4n) is 1.31. The van der Waals surface area contributed by atoms with Crippen LogP contribution in [0.3, 0.4) is 0 Å². The van der Waals surface area contributed by atoms with Crippen LogP contribution in [-0.2, 0) is 6.18 Å². The summed E-state index contributed by atoms with van der Waals surface area (Å²) in [6.45, 7) is 0. The maximum absolute atomic E-state index is 12.5. The molecule has 2 rings (SSSR count). The fourth-order valence-corrected chi connectivity index (χ4v) is 1.31. The molecule has 0 saturated heterocycles. The van der Waals surface area contributed by atoms with Gasteiger partial charge in [0.2, 0.25) is 0 Å². The number of aromatic amines is 1. The molecule has 4 nitrogen and oxygen atoms in total. The van der Waals surface area contributed by atoms with Gasteiger partial charge in [0.25, 0.3) is 0 Å². The Morgan fingerprint density at radius 3 is 2.65 bits per heavy atom. The molecule has 0 atom stereocenters. The standard InChI is InChI=1S/C10H6F3N3O/c11-10(12,13)7-3-1-2-6(4-7)8-5-14-16-9(17)15-8/h1-5H,(H,15,16,17). The number of nitrogens with zero attached hydrogens (tertiary/aromatic N) is 2. The van der Waals surface area contributed by atoms with Gasteiger partial charge in [0.15, 0.2) is 0 Å². The minimum atomic E-state index is -4.43. The van der Waals surface area contributed by atoms with E-state index in [4.69, 9.17) is 0 Å². The number of aromatic nitrogens is 3. The summed E-state index contributed by atoms with van der Waals surface area (Å²) in [7, 11) is 0. The molecule has 1 aromatic carbocycles. The van der Waals surface area contributed by atoms with Gasteiger partial charge in [-0.3, -0.25) is 0 Å². The van der Waals surface area contributed by atoms with E-state index in [1.165, 1.54) is 18.3 Å². The molecule has 7 heteroatoms. The van der Waals surface area contributed by atoms with Crippen LogP contribution in [0.15, 0.2) is 35.3 Å². The van der Waals surface area contributed by atoms with Gasteiger partial charge >= 0.3 is 11.9 Å². The monoisotopic (exact) mass is 241 g/mol. The number of H-pyrrole nitrogens is 1. The molecule has 0 amide bonds. The third-order valence-electron chi connectivity index (χ3n) is 2.05. The zero-order chi connectivity index (χ0) is 12.5. The van der Waals surface area contributed by atoms with Crippen LogP contribution in [0, 0.1) is 0 Å². The SMILES string of the molecule is O=c1nc(-c2cccc(C(F)(F)F)c2)cn[nH]1. The van der Waals surface area contributed by atoms with Crippen LogP contribution in [0.1, 0.15) is 5.56 Å². The highest BCUT2D eigenvalue weighted by Gasteiger charge is 2.30. The highest BCUT2D eigenvalue weighted by molar-refractivity contribution is 5.58. The molecule has 0 bridgehead atoms. The summed E-state index contributed by atoms with van der Waals surface area (Å²) in [5, 5.41) is 5.52. The van der Waals surface area contributed by atoms with Gasteiger partial charge in [-0.15, -0.1) is 0 Å². The largest absolute Gasteiger partial charge is 0.416 e. The summed E-state index contributed by atoms with van der Waals surface area (Å²) < 4.78 is 37.4. The van der Waals surface area contributed by atoms with Crippen molar-refractivity contribution in [1.82, 2.24) is 15.2 Å². The van der Waals surface area contributed by atoms with Crippen molar-refractivity contribution >= 4 is 0 Å². The molecule has 0 radical (unpaired) electrons. The molecule has 0 spiro atoms. The molecule has 2 aromatic rings. The Morgan fingerprint density at radius 1 is 1.24 bits per heavy atom. The Bertz CT molecular complexity index is 592. The van der Waals surface area contributed by atoms with Crippen LogP contribution in [-0.4, -0.2) is 15.2 Å². The molecular formula is C10H6F3N3O. The summed E-state index contributed by atoms with van der Waals surface area (Å²) in [4.78, 5) is 14.4. The quantitative estimate of drug-likeness (QED) is 0.828. The van der Waals surface area contributed by atoms with E-state index in [1.54, 1.807) is 0 Å². The number of hydrogen-bond donors (Lipinski definition) is 1. The molecule has 17 heavy (non-hydrogen) atoms. The van der Waals surface area contributed by atoms with Gasteiger partial charge in [-0.05, 0) is 12.1 Å². The Kier molecular flexibility index (Phi) is 2.66. The number of hydrogen-bond acceptors (Lipinski definition) is 3. The summed E-state index contributed by atoms with van der Waals surface area (Å²) in [6, 6.07) is 4.55. The van der Waals surface area contributed by atoms with Gasteiger partial charge in [-0.1, -0.05) is 12.1 Å². The lowest BCUT2D eigenvalue weighted by Crippen LogP contribution is -2.12. The maximum atomic E-state index is 12.5. The van der Waals surface area contributed by atoms with Crippen molar-refractivity contribution in [2.75, 3.05) is 0 Å². The number of benzene rings is 1. The number of alkyl halides is 3. The van der Waals surface area contributed by atoms with Gasteiger partial charge in [0.1, 0.15) is 0 Å². The Labute approximate surface area is 93.1 Å². The summed E-state index contributed by atoms with van der Waals surface area (Å²) >= 11 is 0. The molecule has 0 saturated carbocycles. The third-order valence-corrected chi connectivity index (χ3v) is 2.05. The molecular weight excluding hydrogens is 235 g/mol. The van der Waals surface area contributed by atoms with Crippen LogP contribution in [0.4, 0.5) is 13.2 Å². The maximum Gasteiger partial charge on any atom is 0.416 e. The lowest BCUT2D eigenvalue weighted by Gasteiger charge is -2.07. The fraction of sp³-hybridized carbons (Fsp3) is 0.100. The molecule has 0 aliphatic rings. The Morgan fingerprint density at radius 2 is 2.00 bits per heavy atom. The van der Waals surface area contributed by atoms with Gasteiger partial charge in [0.05, 0.1) is 17.5 Å². The normalized spacial score (nSPS) is 11.5. The van der Waals surface area contributed by atoms with Crippen LogP contribution >= 0.6 is 0 Å². The van der Waals surface area contributed by atoms with Crippen LogP contribution in [0.5, 0.6) is 0 Å². The molecule has 1 aromatic heterocycles. The van der Waals surface area contributed by atoms with E-state index in [9.17, 15) is 18.0 Å². The Hall–Kier alpha value is -2.18. The van der Waals surface area contributed by atoms with Gasteiger partial charge in [-0.2, -0.15) is 23.3 Å². The smallest absolute Gasteiger partial charge is 0.244 e. The van der Waals surface area contributed by atoms with Crippen molar-refractivity contribution < 1.29 is 13.2 Å². The van der Waals surface area contributed by atoms with Crippen molar-refractivity contribution in [2.45, 2.75) is 6.18 Å². The molecule has 0 aliphatic heterocycles. The molecule has 88 valence electrons. The molecule has 0 unspecified atom stereocenters. The minimum absolute atomic E-state index is 0.0971. The van der Waals surface area contributed by atoms with Crippen LogP contribution < -0.4 is 5.69 Å². The molecule has 0 fully saturated rings. The number of halogens is 3. The van der Waals surface area contributed by atoms with E-state index < -0.39 is 17.4 Å². The highest BCUT2D eigenvalue weighted by Crippen LogP contribution is 2.31. The zero-order valence-electron chi connectivity index (χ0n) is 8.32. The highest BCUT2D eigenvalue weighted by atomic mass is 19.4. The summed E-state index contributed by atoms with van der Waals surface area (Å²) in [6.07, 6.45) is -3.23. The topological polar surface area (TPSA) is 58.6 Å². The second-order valence-corrected chi connectivity index (χ2v) is 3.25. The van der Waals surface area contributed by atoms with Crippen molar-refractivity contribution in [3.05, 3.63) is 46.5 Å². The summed E-state index contributed by atoms with van der Waals surface area (Å²) in [5.41, 5.74) is -1.21. The lowest BCUT2D eigenvalue weighted by molar-refractivity contribution is -0.137. The van der Waals surface area contributed by atoms with Crippen molar-refractivity contribution in [3.8, 4) is 11.3 Å². The second-order valence-electron chi connectivity index (χ2n) is 3.25. The van der Waals surface area contributed by atoms with E-state index in [-0.39, 0.29) is 11.3 Å². The lowest BCUT2D eigenvalue weighted by atomic mass is 10.1. The first-order valence-electron chi connectivity index (χ1n) is 4.56. The molecule has 0 aliphatic carbocycles. The van der Waals surface area contributed by atoms with Gasteiger partial charge < -0.3 is 0 Å². The Balaban J connectivity index is 2.51. The molecule has 1 N–H and O–H groups in total. The van der Waals surface area contributed by atoms with Gasteiger partial charge in [-0.25, -0.2) is 9.89 Å². The number of nitrogens with one attached hydrogen (secondary N) is 1. The van der Waals surface area contributed by atoms with E-state index >= 15 is 0 Å². The van der Waals surface area contributed by atoms with Crippen LogP contribution in [0.2, 0.25) is 0 Å². The van der Waals surface area contributed by atoms with E-state index in [0.717, 1.165) is 12.1 Å². The van der Waals surface area contributed by atoms with Crippen LogP contribution in [0.25, 0.3) is 11.3 Å². The minimum Gasteiger partial charge on any atom is -0.244 e. The van der Waals surface area contributed by atoms with Crippen molar-refractivity contribution in [3.63, 3.8) is 0 Å². The first-order valence-corrected chi connectivity index (χ1v) is 4.56. The average molecular weight is 241 g/mol. The average Bonchev–Trinajstić information content (AvgIpc) is 2.28. The first-order chi connectivity index (χ1) is 7.97. The number of rotatable bonds is 1. The van der Waals surface area contributed by atoms with Gasteiger partial charge in [0, 0.05) is 5.56 Å². The van der Waals surface area contributed by atoms with Crippen molar-refractivity contribution in [1.29, 1.82) is 0 Å².